The van der Waals surface area contributed by atoms with Crippen molar-refractivity contribution in [3.63, 3.8) is 0 Å². The van der Waals surface area contributed by atoms with E-state index in [0.717, 1.165) is 18.2 Å². The summed E-state index contributed by atoms with van der Waals surface area (Å²) in [5, 5.41) is 11.7. The number of benzene rings is 2. The van der Waals surface area contributed by atoms with Gasteiger partial charge in [-0.05, 0) is 36.4 Å². The molecule has 0 aliphatic rings. The minimum absolute atomic E-state index is 0.0315. The van der Waals surface area contributed by atoms with Gasteiger partial charge in [-0.15, -0.1) is 10.2 Å². The summed E-state index contributed by atoms with van der Waals surface area (Å²) in [5.41, 5.74) is -1.17. The van der Waals surface area contributed by atoms with Gasteiger partial charge in [-0.1, -0.05) is 6.07 Å². The van der Waals surface area contributed by atoms with E-state index in [1.165, 1.54) is 18.2 Å². The third-order valence-electron chi connectivity index (χ3n) is 3.40. The first-order valence-electron chi connectivity index (χ1n) is 7.36. The Morgan fingerprint density at radius 2 is 1.37 bits per heavy atom. The smallest absolute Gasteiger partial charge is 0.259 e. The SMILES string of the molecule is O=C(Nc1ccc(Nc2c(F)cccc2F)nn1)c1ccc(F)c(F)c1F. The third-order valence-corrected chi connectivity index (χ3v) is 3.40. The number of nitrogens with zero attached hydrogens (tertiary/aromatic N) is 2. The number of anilines is 3. The average molecular weight is 380 g/mol. The van der Waals surface area contributed by atoms with Gasteiger partial charge in [0.05, 0.1) is 5.56 Å². The summed E-state index contributed by atoms with van der Waals surface area (Å²) in [4.78, 5) is 11.9. The molecule has 5 nitrogen and oxygen atoms in total. The Balaban J connectivity index is 1.74. The highest BCUT2D eigenvalue weighted by Gasteiger charge is 2.19. The van der Waals surface area contributed by atoms with Crippen LogP contribution in [0.4, 0.5) is 39.3 Å². The summed E-state index contributed by atoms with van der Waals surface area (Å²) in [6, 6.07) is 7.12. The highest BCUT2D eigenvalue weighted by atomic mass is 19.2. The lowest BCUT2D eigenvalue weighted by molar-refractivity contribution is 0.102. The molecule has 1 aromatic heterocycles. The number of hydrogen-bond acceptors (Lipinski definition) is 4. The fraction of sp³-hybridized carbons (Fsp3) is 0. The van der Waals surface area contributed by atoms with Crippen molar-refractivity contribution in [2.45, 2.75) is 0 Å². The molecule has 0 radical (unpaired) electrons. The van der Waals surface area contributed by atoms with Crippen LogP contribution in [-0.2, 0) is 0 Å². The van der Waals surface area contributed by atoms with Crippen LogP contribution in [0.25, 0.3) is 0 Å². The van der Waals surface area contributed by atoms with Crippen LogP contribution in [0.15, 0.2) is 42.5 Å². The van der Waals surface area contributed by atoms with Crippen LogP contribution in [0.2, 0.25) is 0 Å². The van der Waals surface area contributed by atoms with E-state index in [1.54, 1.807) is 0 Å². The number of carbonyl (C=O) groups is 1. The lowest BCUT2D eigenvalue weighted by Gasteiger charge is -2.09. The quantitative estimate of drug-likeness (QED) is 0.527. The average Bonchev–Trinajstić information content (AvgIpc) is 2.64. The van der Waals surface area contributed by atoms with Gasteiger partial charge >= 0.3 is 0 Å². The molecule has 0 aliphatic heterocycles. The largest absolute Gasteiger partial charge is 0.334 e. The molecule has 1 amide bonds. The highest BCUT2D eigenvalue weighted by molar-refractivity contribution is 6.03. The maximum absolute atomic E-state index is 13.6. The second-order valence-electron chi connectivity index (χ2n) is 5.20. The number of rotatable bonds is 4. The zero-order valence-corrected chi connectivity index (χ0v) is 13.2. The number of aromatic nitrogens is 2. The van der Waals surface area contributed by atoms with Crippen LogP contribution >= 0.6 is 0 Å². The van der Waals surface area contributed by atoms with Gasteiger partial charge in [-0.3, -0.25) is 4.79 Å². The van der Waals surface area contributed by atoms with Crippen molar-refractivity contribution in [1.82, 2.24) is 10.2 Å². The molecule has 0 atom stereocenters. The fourth-order valence-corrected chi connectivity index (χ4v) is 2.10. The van der Waals surface area contributed by atoms with Crippen molar-refractivity contribution in [3.05, 3.63) is 77.1 Å². The normalized spacial score (nSPS) is 10.6. The Labute approximate surface area is 148 Å². The predicted octanol–water partition coefficient (Wildman–Crippen LogP) is 4.17. The molecule has 0 aliphatic carbocycles. The molecule has 1 heterocycles. The molecule has 2 N–H and O–H groups in total. The van der Waals surface area contributed by atoms with Crippen LogP contribution in [0.3, 0.4) is 0 Å². The van der Waals surface area contributed by atoms with Gasteiger partial charge < -0.3 is 10.6 Å². The summed E-state index contributed by atoms with van der Waals surface area (Å²) >= 11 is 0. The first-order chi connectivity index (χ1) is 12.9. The Morgan fingerprint density at radius 3 is 2.00 bits per heavy atom. The van der Waals surface area contributed by atoms with Crippen molar-refractivity contribution >= 4 is 23.2 Å². The van der Waals surface area contributed by atoms with Crippen LogP contribution in [0.1, 0.15) is 10.4 Å². The molecule has 2 aromatic carbocycles. The first kappa shape index (κ1) is 18.2. The van der Waals surface area contributed by atoms with E-state index in [2.05, 4.69) is 20.8 Å². The minimum Gasteiger partial charge on any atom is -0.334 e. The molecular formula is C17H9F5N4O. The third kappa shape index (κ3) is 3.84. The summed E-state index contributed by atoms with van der Waals surface area (Å²) in [6.45, 7) is 0. The van der Waals surface area contributed by atoms with Crippen LogP contribution in [0, 0.1) is 29.1 Å². The van der Waals surface area contributed by atoms with Crippen LogP contribution in [-0.4, -0.2) is 16.1 Å². The van der Waals surface area contributed by atoms with Crippen molar-refractivity contribution in [2.24, 2.45) is 0 Å². The Hall–Kier alpha value is -3.56. The molecular weight excluding hydrogens is 371 g/mol. The van der Waals surface area contributed by atoms with Gasteiger partial charge in [0.25, 0.3) is 5.91 Å². The molecule has 0 bridgehead atoms. The van der Waals surface area contributed by atoms with Crippen LogP contribution < -0.4 is 10.6 Å². The van der Waals surface area contributed by atoms with Gasteiger partial charge in [0.1, 0.15) is 17.3 Å². The van der Waals surface area contributed by atoms with E-state index in [-0.39, 0.29) is 11.6 Å². The number of hydrogen-bond donors (Lipinski definition) is 2. The first-order valence-corrected chi connectivity index (χ1v) is 7.36. The standard InChI is InChI=1S/C17H9F5N4O/c18-9-5-4-8(14(21)15(9)22)17(27)24-13-7-6-12(25-26-13)23-16-10(19)2-1-3-11(16)20/h1-7H,(H,23,25)(H,24,26,27). The molecule has 27 heavy (non-hydrogen) atoms. The zero-order chi connectivity index (χ0) is 19.6. The summed E-state index contributed by atoms with van der Waals surface area (Å²) in [5.74, 6) is -7.80. The van der Waals surface area contributed by atoms with Crippen molar-refractivity contribution in [2.75, 3.05) is 10.6 Å². The predicted molar refractivity (Wildman–Crippen MR) is 85.9 cm³/mol. The van der Waals surface area contributed by atoms with Gasteiger partial charge in [-0.25, -0.2) is 22.0 Å². The summed E-state index contributed by atoms with van der Waals surface area (Å²) in [6.07, 6.45) is 0. The Kier molecular flexibility index (Phi) is 4.97. The zero-order valence-electron chi connectivity index (χ0n) is 13.2. The number of carbonyl (C=O) groups excluding carboxylic acids is 1. The van der Waals surface area contributed by atoms with Crippen molar-refractivity contribution in [1.29, 1.82) is 0 Å². The van der Waals surface area contributed by atoms with Crippen LogP contribution in [0.5, 0.6) is 0 Å². The van der Waals surface area contributed by atoms with E-state index < -0.39 is 46.2 Å². The monoisotopic (exact) mass is 380 g/mol. The van der Waals surface area contributed by atoms with E-state index in [1.807, 2.05) is 0 Å². The topological polar surface area (TPSA) is 66.9 Å². The lowest BCUT2D eigenvalue weighted by atomic mass is 10.2. The number of amides is 1. The number of nitrogens with one attached hydrogen (secondary N) is 2. The van der Waals surface area contributed by atoms with Crippen molar-refractivity contribution in [3.8, 4) is 0 Å². The van der Waals surface area contributed by atoms with Crippen molar-refractivity contribution < 1.29 is 26.7 Å². The van der Waals surface area contributed by atoms with E-state index >= 15 is 0 Å². The number of halogens is 5. The molecule has 0 fully saturated rings. The van der Waals surface area contributed by atoms with E-state index in [0.29, 0.717) is 6.07 Å². The molecule has 0 saturated heterocycles. The Bertz CT molecular complexity index is 991. The molecule has 10 heteroatoms. The fourth-order valence-electron chi connectivity index (χ4n) is 2.10. The van der Waals surface area contributed by atoms with Gasteiger partial charge in [0.2, 0.25) is 0 Å². The number of para-hydroxylation sites is 1. The highest BCUT2D eigenvalue weighted by Crippen LogP contribution is 2.22. The second-order valence-corrected chi connectivity index (χ2v) is 5.20. The van der Waals surface area contributed by atoms with Gasteiger partial charge in [0.15, 0.2) is 29.1 Å². The van der Waals surface area contributed by atoms with Gasteiger partial charge in [0, 0.05) is 0 Å². The van der Waals surface area contributed by atoms with E-state index in [9.17, 15) is 26.7 Å². The summed E-state index contributed by atoms with van der Waals surface area (Å²) in [7, 11) is 0. The Morgan fingerprint density at radius 1 is 0.741 bits per heavy atom. The molecule has 3 rings (SSSR count). The maximum atomic E-state index is 13.6. The molecule has 0 saturated carbocycles. The molecule has 3 aromatic rings. The molecule has 0 spiro atoms. The van der Waals surface area contributed by atoms with Gasteiger partial charge in [-0.2, -0.15) is 0 Å². The lowest BCUT2D eigenvalue weighted by Crippen LogP contribution is -2.16. The molecule has 138 valence electrons. The summed E-state index contributed by atoms with van der Waals surface area (Å²) < 4.78 is 66.8. The minimum atomic E-state index is -1.78. The molecule has 0 unspecified atom stereocenters. The van der Waals surface area contributed by atoms with E-state index in [4.69, 9.17) is 0 Å². The maximum Gasteiger partial charge on any atom is 0.259 e. The second kappa shape index (κ2) is 7.36.